The Kier molecular flexibility index (Phi) is 6.85. The first-order chi connectivity index (χ1) is 11.3. The van der Waals surface area contributed by atoms with Crippen molar-refractivity contribution in [2.45, 2.75) is 32.8 Å². The SMILES string of the molecule is CCCCC(=O)NN=Cc1cccc(OCc2ccccc2)c1. The molecular weight excluding hydrogens is 288 g/mol. The zero-order chi connectivity index (χ0) is 16.3. The van der Waals surface area contributed by atoms with E-state index in [9.17, 15) is 4.79 Å². The molecule has 0 aromatic heterocycles. The lowest BCUT2D eigenvalue weighted by molar-refractivity contribution is -0.121. The van der Waals surface area contributed by atoms with Crippen LogP contribution in [-0.2, 0) is 11.4 Å². The summed E-state index contributed by atoms with van der Waals surface area (Å²) >= 11 is 0. The van der Waals surface area contributed by atoms with Crippen molar-refractivity contribution in [2.24, 2.45) is 5.10 Å². The largest absolute Gasteiger partial charge is 0.489 e. The Balaban J connectivity index is 1.85. The Morgan fingerprint density at radius 1 is 1.17 bits per heavy atom. The van der Waals surface area contributed by atoms with Crippen LogP contribution in [0.15, 0.2) is 59.7 Å². The topological polar surface area (TPSA) is 50.7 Å². The molecule has 0 fully saturated rings. The van der Waals surface area contributed by atoms with E-state index in [0.29, 0.717) is 13.0 Å². The second kappa shape index (κ2) is 9.41. The molecule has 0 spiro atoms. The van der Waals surface area contributed by atoms with Crippen LogP contribution in [0.4, 0.5) is 0 Å². The minimum Gasteiger partial charge on any atom is -0.489 e. The maximum atomic E-state index is 11.5. The van der Waals surface area contributed by atoms with Crippen LogP contribution in [0.1, 0.15) is 37.3 Å². The normalized spacial score (nSPS) is 10.7. The maximum absolute atomic E-state index is 11.5. The first kappa shape index (κ1) is 16.7. The Morgan fingerprint density at radius 3 is 2.78 bits per heavy atom. The summed E-state index contributed by atoms with van der Waals surface area (Å²) in [7, 11) is 0. The van der Waals surface area contributed by atoms with Crippen molar-refractivity contribution in [3.8, 4) is 5.75 Å². The van der Waals surface area contributed by atoms with E-state index in [1.54, 1.807) is 6.21 Å². The lowest BCUT2D eigenvalue weighted by Gasteiger charge is -2.06. The van der Waals surface area contributed by atoms with Gasteiger partial charge in [-0.3, -0.25) is 4.79 Å². The highest BCUT2D eigenvalue weighted by Gasteiger charge is 1.99. The summed E-state index contributed by atoms with van der Waals surface area (Å²) in [5, 5.41) is 3.97. The number of hydrogen-bond acceptors (Lipinski definition) is 3. The standard InChI is InChI=1S/C19H22N2O2/c1-2-3-12-19(22)21-20-14-17-10-7-11-18(13-17)23-15-16-8-5-4-6-9-16/h4-11,13-14H,2-3,12,15H2,1H3,(H,21,22). The number of carbonyl (C=O) groups excluding carboxylic acids is 1. The fourth-order valence-corrected chi connectivity index (χ4v) is 2.00. The monoisotopic (exact) mass is 310 g/mol. The molecule has 120 valence electrons. The van der Waals surface area contributed by atoms with Crippen LogP contribution in [0.3, 0.4) is 0 Å². The molecule has 0 saturated carbocycles. The number of nitrogens with one attached hydrogen (secondary N) is 1. The summed E-state index contributed by atoms with van der Waals surface area (Å²) < 4.78 is 5.76. The third-order valence-corrected chi connectivity index (χ3v) is 3.27. The fourth-order valence-electron chi connectivity index (χ4n) is 2.00. The van der Waals surface area contributed by atoms with E-state index >= 15 is 0 Å². The molecule has 0 aliphatic heterocycles. The highest BCUT2D eigenvalue weighted by atomic mass is 16.5. The second-order valence-corrected chi connectivity index (χ2v) is 5.24. The van der Waals surface area contributed by atoms with E-state index in [0.717, 1.165) is 29.7 Å². The predicted octanol–water partition coefficient (Wildman–Crippen LogP) is 3.91. The van der Waals surface area contributed by atoms with Crippen molar-refractivity contribution in [3.05, 3.63) is 65.7 Å². The van der Waals surface area contributed by atoms with E-state index in [1.807, 2.05) is 54.6 Å². The molecule has 0 saturated heterocycles. The molecule has 0 radical (unpaired) electrons. The number of ether oxygens (including phenoxy) is 1. The van der Waals surface area contributed by atoms with Gasteiger partial charge in [-0.05, 0) is 29.7 Å². The van der Waals surface area contributed by atoms with Gasteiger partial charge in [0, 0.05) is 6.42 Å². The number of benzene rings is 2. The van der Waals surface area contributed by atoms with Crippen LogP contribution in [0.25, 0.3) is 0 Å². The molecule has 1 N–H and O–H groups in total. The zero-order valence-corrected chi connectivity index (χ0v) is 13.4. The molecule has 0 heterocycles. The molecule has 2 aromatic carbocycles. The highest BCUT2D eigenvalue weighted by Crippen LogP contribution is 2.14. The molecule has 23 heavy (non-hydrogen) atoms. The Morgan fingerprint density at radius 2 is 2.00 bits per heavy atom. The van der Waals surface area contributed by atoms with E-state index in [1.165, 1.54) is 0 Å². The third kappa shape index (κ3) is 6.34. The van der Waals surface area contributed by atoms with Gasteiger partial charge in [-0.15, -0.1) is 0 Å². The summed E-state index contributed by atoms with van der Waals surface area (Å²) in [6, 6.07) is 17.6. The van der Waals surface area contributed by atoms with Crippen LogP contribution in [0.2, 0.25) is 0 Å². The second-order valence-electron chi connectivity index (χ2n) is 5.24. The van der Waals surface area contributed by atoms with Gasteiger partial charge in [0.05, 0.1) is 6.21 Å². The lowest BCUT2D eigenvalue weighted by Crippen LogP contribution is -2.16. The molecular formula is C19H22N2O2. The van der Waals surface area contributed by atoms with E-state index in [-0.39, 0.29) is 5.91 Å². The minimum atomic E-state index is -0.0559. The summed E-state index contributed by atoms with van der Waals surface area (Å²) in [4.78, 5) is 11.5. The molecule has 0 bridgehead atoms. The number of rotatable bonds is 8. The maximum Gasteiger partial charge on any atom is 0.240 e. The molecule has 0 atom stereocenters. The van der Waals surface area contributed by atoms with E-state index < -0.39 is 0 Å². The van der Waals surface area contributed by atoms with Gasteiger partial charge in [0.2, 0.25) is 5.91 Å². The minimum absolute atomic E-state index is 0.0559. The smallest absolute Gasteiger partial charge is 0.240 e. The van der Waals surface area contributed by atoms with Gasteiger partial charge in [-0.2, -0.15) is 5.10 Å². The molecule has 2 aromatic rings. The average Bonchev–Trinajstić information content (AvgIpc) is 2.59. The Labute approximate surface area is 137 Å². The van der Waals surface area contributed by atoms with Gasteiger partial charge in [0.15, 0.2) is 0 Å². The van der Waals surface area contributed by atoms with Gasteiger partial charge < -0.3 is 4.74 Å². The van der Waals surface area contributed by atoms with Crippen molar-refractivity contribution in [3.63, 3.8) is 0 Å². The zero-order valence-electron chi connectivity index (χ0n) is 13.4. The summed E-state index contributed by atoms with van der Waals surface area (Å²) in [5.74, 6) is 0.717. The third-order valence-electron chi connectivity index (χ3n) is 3.27. The number of carbonyl (C=O) groups is 1. The van der Waals surface area contributed by atoms with Crippen LogP contribution >= 0.6 is 0 Å². The Bertz CT molecular complexity index is 639. The van der Waals surface area contributed by atoms with Crippen LogP contribution in [0.5, 0.6) is 5.75 Å². The first-order valence-corrected chi connectivity index (χ1v) is 7.86. The van der Waals surface area contributed by atoms with Crippen molar-refractivity contribution in [1.82, 2.24) is 5.43 Å². The Hall–Kier alpha value is -2.62. The van der Waals surface area contributed by atoms with Gasteiger partial charge >= 0.3 is 0 Å². The van der Waals surface area contributed by atoms with Crippen LogP contribution < -0.4 is 10.2 Å². The molecule has 0 aliphatic carbocycles. The van der Waals surface area contributed by atoms with E-state index in [2.05, 4.69) is 17.5 Å². The van der Waals surface area contributed by atoms with E-state index in [4.69, 9.17) is 4.74 Å². The van der Waals surface area contributed by atoms with Crippen LogP contribution in [0, 0.1) is 0 Å². The first-order valence-electron chi connectivity index (χ1n) is 7.86. The molecule has 1 amide bonds. The quantitative estimate of drug-likeness (QED) is 0.594. The number of hydrogen-bond donors (Lipinski definition) is 1. The fraction of sp³-hybridized carbons (Fsp3) is 0.263. The molecule has 2 rings (SSSR count). The summed E-state index contributed by atoms with van der Waals surface area (Å²) in [6.07, 6.45) is 4.01. The van der Waals surface area contributed by atoms with Crippen LogP contribution in [-0.4, -0.2) is 12.1 Å². The molecule has 4 heteroatoms. The lowest BCUT2D eigenvalue weighted by atomic mass is 10.2. The predicted molar refractivity (Wildman–Crippen MR) is 92.5 cm³/mol. The summed E-state index contributed by atoms with van der Waals surface area (Å²) in [5.41, 5.74) is 4.53. The van der Waals surface area contributed by atoms with Crippen molar-refractivity contribution in [1.29, 1.82) is 0 Å². The molecule has 4 nitrogen and oxygen atoms in total. The average molecular weight is 310 g/mol. The number of hydrazone groups is 1. The number of nitrogens with zero attached hydrogens (tertiary/aromatic N) is 1. The molecule has 0 unspecified atom stereocenters. The number of amides is 1. The van der Waals surface area contributed by atoms with Crippen molar-refractivity contribution in [2.75, 3.05) is 0 Å². The van der Waals surface area contributed by atoms with Gasteiger partial charge in [0.25, 0.3) is 0 Å². The van der Waals surface area contributed by atoms with Crippen molar-refractivity contribution < 1.29 is 9.53 Å². The van der Waals surface area contributed by atoms with Crippen molar-refractivity contribution >= 4 is 12.1 Å². The molecule has 0 aliphatic rings. The van der Waals surface area contributed by atoms with Gasteiger partial charge in [-0.1, -0.05) is 55.8 Å². The van der Waals surface area contributed by atoms with Gasteiger partial charge in [0.1, 0.15) is 12.4 Å². The van der Waals surface area contributed by atoms with Gasteiger partial charge in [-0.25, -0.2) is 5.43 Å². The highest BCUT2D eigenvalue weighted by molar-refractivity contribution is 5.82. The number of unbranched alkanes of at least 4 members (excludes halogenated alkanes) is 1. The summed E-state index contributed by atoms with van der Waals surface area (Å²) in [6.45, 7) is 2.58.